The maximum Gasteiger partial charge on any atom is 0.107 e. The number of hydrogen-bond acceptors (Lipinski definition) is 3. The fraction of sp³-hybridized carbons (Fsp3) is 0.0952. The summed E-state index contributed by atoms with van der Waals surface area (Å²) in [7, 11) is 0. The van der Waals surface area contributed by atoms with Crippen LogP contribution < -0.4 is 5.14 Å². The number of benzene rings is 3. The molecule has 130 valence electrons. The highest BCUT2D eigenvalue weighted by molar-refractivity contribution is 7.97. The number of fused-ring (bicyclic) bond motifs is 1. The van der Waals surface area contributed by atoms with E-state index in [1.54, 1.807) is 0 Å². The molecule has 3 N–H and O–H groups in total. The Balaban J connectivity index is 1.61. The lowest BCUT2D eigenvalue weighted by atomic mass is 10.1. The SMILES string of the molecule is NSc1ccccc1-c1ccc2nc(CCc3ccccc3Cl)[nH]c2c1. The number of nitrogens with one attached hydrogen (secondary N) is 1. The Morgan fingerprint density at radius 1 is 0.962 bits per heavy atom. The van der Waals surface area contributed by atoms with Crippen molar-refractivity contribution in [3.05, 3.63) is 83.1 Å². The average Bonchev–Trinajstić information content (AvgIpc) is 3.09. The molecule has 0 radical (unpaired) electrons. The van der Waals surface area contributed by atoms with E-state index >= 15 is 0 Å². The maximum absolute atomic E-state index is 6.24. The van der Waals surface area contributed by atoms with Gasteiger partial charge in [0.15, 0.2) is 0 Å². The van der Waals surface area contributed by atoms with E-state index in [2.05, 4.69) is 35.3 Å². The molecule has 26 heavy (non-hydrogen) atoms. The quantitative estimate of drug-likeness (QED) is 0.441. The highest BCUT2D eigenvalue weighted by Gasteiger charge is 2.09. The molecule has 0 aliphatic carbocycles. The van der Waals surface area contributed by atoms with E-state index in [0.717, 1.165) is 56.3 Å². The Labute approximate surface area is 161 Å². The van der Waals surface area contributed by atoms with Crippen molar-refractivity contribution in [3.63, 3.8) is 0 Å². The molecule has 4 rings (SSSR count). The molecule has 1 aromatic heterocycles. The number of rotatable bonds is 5. The lowest BCUT2D eigenvalue weighted by Crippen LogP contribution is -1.94. The lowest BCUT2D eigenvalue weighted by molar-refractivity contribution is 0.890. The third-order valence-electron chi connectivity index (χ3n) is 4.44. The molecule has 0 saturated heterocycles. The van der Waals surface area contributed by atoms with Gasteiger partial charge < -0.3 is 4.98 Å². The normalized spacial score (nSPS) is 11.2. The minimum Gasteiger partial charge on any atom is -0.342 e. The third-order valence-corrected chi connectivity index (χ3v) is 5.42. The average molecular weight is 380 g/mol. The van der Waals surface area contributed by atoms with Crippen LogP contribution in [0.2, 0.25) is 5.02 Å². The molecule has 3 nitrogen and oxygen atoms in total. The van der Waals surface area contributed by atoms with Gasteiger partial charge in [-0.05, 0) is 59.3 Å². The molecule has 0 bridgehead atoms. The van der Waals surface area contributed by atoms with Crippen LogP contribution >= 0.6 is 23.5 Å². The standard InChI is InChI=1S/C21H18ClN3S/c22-17-7-3-1-5-14(17)10-12-21-24-18-11-9-15(13-19(18)25-21)16-6-2-4-8-20(16)26-23/h1-9,11,13H,10,12,23H2,(H,24,25). The van der Waals surface area contributed by atoms with E-state index in [-0.39, 0.29) is 0 Å². The molecule has 4 aromatic rings. The van der Waals surface area contributed by atoms with Crippen molar-refractivity contribution < 1.29 is 0 Å². The van der Waals surface area contributed by atoms with Gasteiger partial charge in [-0.25, -0.2) is 4.98 Å². The second-order valence-corrected chi connectivity index (χ2v) is 7.20. The molecule has 5 heteroatoms. The van der Waals surface area contributed by atoms with E-state index in [4.69, 9.17) is 21.7 Å². The van der Waals surface area contributed by atoms with Crippen molar-refractivity contribution in [3.8, 4) is 11.1 Å². The summed E-state index contributed by atoms with van der Waals surface area (Å²) < 4.78 is 0. The molecular formula is C21H18ClN3S. The van der Waals surface area contributed by atoms with Crippen LogP contribution in [0.15, 0.2) is 71.6 Å². The summed E-state index contributed by atoms with van der Waals surface area (Å²) in [4.78, 5) is 9.21. The smallest absolute Gasteiger partial charge is 0.107 e. The first-order valence-electron chi connectivity index (χ1n) is 8.43. The fourth-order valence-corrected chi connectivity index (χ4v) is 3.81. The molecule has 0 fully saturated rings. The monoisotopic (exact) mass is 379 g/mol. The highest BCUT2D eigenvalue weighted by atomic mass is 35.5. The summed E-state index contributed by atoms with van der Waals surface area (Å²) in [6.07, 6.45) is 1.68. The fourth-order valence-electron chi connectivity index (χ4n) is 3.11. The molecule has 0 saturated carbocycles. The van der Waals surface area contributed by atoms with Crippen LogP contribution in [-0.2, 0) is 12.8 Å². The Morgan fingerprint density at radius 2 is 1.77 bits per heavy atom. The summed E-state index contributed by atoms with van der Waals surface area (Å²) in [5.74, 6) is 0.971. The second-order valence-electron chi connectivity index (χ2n) is 6.12. The van der Waals surface area contributed by atoms with Gasteiger partial charge in [0.25, 0.3) is 0 Å². The molecule has 0 unspecified atom stereocenters. The van der Waals surface area contributed by atoms with Crippen LogP contribution in [-0.4, -0.2) is 9.97 Å². The number of aromatic amines is 1. The summed E-state index contributed by atoms with van der Waals surface area (Å²) in [6.45, 7) is 0. The van der Waals surface area contributed by atoms with Crippen molar-refractivity contribution >= 4 is 34.6 Å². The van der Waals surface area contributed by atoms with Crippen LogP contribution in [0.1, 0.15) is 11.4 Å². The van der Waals surface area contributed by atoms with Crippen LogP contribution in [0.3, 0.4) is 0 Å². The van der Waals surface area contributed by atoms with Crippen LogP contribution in [0.25, 0.3) is 22.2 Å². The van der Waals surface area contributed by atoms with Gasteiger partial charge in [0.1, 0.15) is 5.82 Å². The number of H-pyrrole nitrogens is 1. The topological polar surface area (TPSA) is 54.7 Å². The first-order valence-corrected chi connectivity index (χ1v) is 9.68. The van der Waals surface area contributed by atoms with Gasteiger partial charge in [0, 0.05) is 16.3 Å². The number of halogens is 1. The Bertz CT molecular complexity index is 1060. The first-order chi connectivity index (χ1) is 12.7. The summed E-state index contributed by atoms with van der Waals surface area (Å²) >= 11 is 7.51. The molecule has 0 amide bonds. The van der Waals surface area contributed by atoms with Crippen molar-refractivity contribution in [2.75, 3.05) is 0 Å². The molecule has 0 spiro atoms. The van der Waals surface area contributed by atoms with Crippen LogP contribution in [0, 0.1) is 0 Å². The van der Waals surface area contributed by atoms with Gasteiger partial charge in [-0.2, -0.15) is 0 Å². The van der Waals surface area contributed by atoms with Gasteiger partial charge in [0.2, 0.25) is 0 Å². The third kappa shape index (κ3) is 3.49. The van der Waals surface area contributed by atoms with Crippen LogP contribution in [0.4, 0.5) is 0 Å². The largest absolute Gasteiger partial charge is 0.342 e. The van der Waals surface area contributed by atoms with Crippen molar-refractivity contribution in [2.24, 2.45) is 5.14 Å². The zero-order valence-corrected chi connectivity index (χ0v) is 15.6. The first kappa shape index (κ1) is 17.2. The van der Waals surface area contributed by atoms with E-state index in [0.29, 0.717) is 0 Å². The van der Waals surface area contributed by atoms with Gasteiger partial charge in [-0.15, -0.1) is 0 Å². The maximum atomic E-state index is 6.24. The van der Waals surface area contributed by atoms with E-state index in [1.807, 2.05) is 36.4 Å². The number of aryl methyl sites for hydroxylation is 2. The number of hydrogen-bond donors (Lipinski definition) is 2. The van der Waals surface area contributed by atoms with E-state index in [1.165, 1.54) is 11.9 Å². The van der Waals surface area contributed by atoms with Crippen molar-refractivity contribution in [2.45, 2.75) is 17.7 Å². The lowest BCUT2D eigenvalue weighted by Gasteiger charge is -2.06. The van der Waals surface area contributed by atoms with Gasteiger partial charge in [-0.3, -0.25) is 5.14 Å². The number of nitrogens with two attached hydrogens (primary N) is 1. The Kier molecular flexibility index (Phi) is 4.98. The minimum absolute atomic E-state index is 0.807. The molecule has 0 aliphatic rings. The van der Waals surface area contributed by atoms with Gasteiger partial charge >= 0.3 is 0 Å². The van der Waals surface area contributed by atoms with Crippen LogP contribution in [0.5, 0.6) is 0 Å². The Morgan fingerprint density at radius 3 is 2.62 bits per heavy atom. The molecule has 1 heterocycles. The molecule has 0 atom stereocenters. The summed E-state index contributed by atoms with van der Waals surface area (Å²) in [6, 6.07) is 22.4. The van der Waals surface area contributed by atoms with Crippen molar-refractivity contribution in [1.82, 2.24) is 9.97 Å². The summed E-state index contributed by atoms with van der Waals surface area (Å²) in [5, 5.41) is 6.60. The summed E-state index contributed by atoms with van der Waals surface area (Å²) in [5.41, 5.74) is 5.42. The molecule has 0 aliphatic heterocycles. The number of imidazole rings is 1. The minimum atomic E-state index is 0.807. The van der Waals surface area contributed by atoms with E-state index in [9.17, 15) is 0 Å². The zero-order valence-electron chi connectivity index (χ0n) is 14.1. The van der Waals surface area contributed by atoms with Crippen molar-refractivity contribution in [1.29, 1.82) is 0 Å². The number of aromatic nitrogens is 2. The number of nitrogens with zero attached hydrogens (tertiary/aromatic N) is 1. The second kappa shape index (κ2) is 7.54. The van der Waals surface area contributed by atoms with Gasteiger partial charge in [0.05, 0.1) is 11.0 Å². The Hall–Kier alpha value is -2.27. The molecule has 3 aromatic carbocycles. The van der Waals surface area contributed by atoms with Gasteiger partial charge in [-0.1, -0.05) is 54.1 Å². The molecular weight excluding hydrogens is 362 g/mol. The predicted octanol–water partition coefficient (Wildman–Crippen LogP) is 5.63. The van der Waals surface area contributed by atoms with E-state index < -0.39 is 0 Å². The highest BCUT2D eigenvalue weighted by Crippen LogP contribution is 2.30. The zero-order chi connectivity index (χ0) is 17.9. The predicted molar refractivity (Wildman–Crippen MR) is 110 cm³/mol.